The van der Waals surface area contributed by atoms with Crippen molar-refractivity contribution >= 4 is 18.3 Å². The molecule has 0 radical (unpaired) electrons. The van der Waals surface area contributed by atoms with Gasteiger partial charge in [0, 0.05) is 25.3 Å². The van der Waals surface area contributed by atoms with Gasteiger partial charge in [-0.3, -0.25) is 9.48 Å². The van der Waals surface area contributed by atoms with Gasteiger partial charge >= 0.3 is 0 Å². The number of aromatic nitrogens is 2. The largest absolute Gasteiger partial charge is 0.348 e. The lowest BCUT2D eigenvalue weighted by molar-refractivity contribution is 0.0933. The van der Waals surface area contributed by atoms with E-state index in [0.29, 0.717) is 18.0 Å². The number of nitrogens with two attached hydrogens (primary N) is 1. The summed E-state index contributed by atoms with van der Waals surface area (Å²) in [4.78, 5) is 12.0. The van der Waals surface area contributed by atoms with E-state index in [2.05, 4.69) is 10.4 Å². The van der Waals surface area contributed by atoms with Crippen LogP contribution in [0.2, 0.25) is 0 Å². The van der Waals surface area contributed by atoms with Crippen molar-refractivity contribution in [3.8, 4) is 0 Å². The minimum absolute atomic E-state index is 0. The highest BCUT2D eigenvalue weighted by Crippen LogP contribution is 2.32. The van der Waals surface area contributed by atoms with Crippen LogP contribution in [0.3, 0.4) is 0 Å². The Kier molecular flexibility index (Phi) is 4.54. The SMILES string of the molecule is Cc1c(C(=O)NC(CN)C2CC2)cnn1C.Cl. The zero-order valence-electron chi connectivity index (χ0n) is 10.1. The second kappa shape index (κ2) is 5.51. The average Bonchev–Trinajstić information content (AvgIpc) is 3.04. The van der Waals surface area contributed by atoms with Crippen LogP contribution in [-0.4, -0.2) is 28.3 Å². The molecule has 0 aliphatic heterocycles. The summed E-state index contributed by atoms with van der Waals surface area (Å²) in [5.74, 6) is 0.513. The summed E-state index contributed by atoms with van der Waals surface area (Å²) in [6.07, 6.45) is 3.95. The van der Waals surface area contributed by atoms with Crippen LogP contribution in [0.5, 0.6) is 0 Å². The van der Waals surface area contributed by atoms with Crippen molar-refractivity contribution in [3.05, 3.63) is 17.5 Å². The highest BCUT2D eigenvalue weighted by molar-refractivity contribution is 5.95. The van der Waals surface area contributed by atoms with Crippen LogP contribution in [-0.2, 0) is 7.05 Å². The number of halogens is 1. The molecule has 17 heavy (non-hydrogen) atoms. The molecule has 1 aliphatic carbocycles. The first-order valence-electron chi connectivity index (χ1n) is 5.63. The first-order chi connectivity index (χ1) is 7.63. The van der Waals surface area contributed by atoms with Gasteiger partial charge < -0.3 is 11.1 Å². The van der Waals surface area contributed by atoms with E-state index in [-0.39, 0.29) is 24.4 Å². The summed E-state index contributed by atoms with van der Waals surface area (Å²) in [6.45, 7) is 2.40. The van der Waals surface area contributed by atoms with Crippen LogP contribution in [0.15, 0.2) is 6.20 Å². The van der Waals surface area contributed by atoms with Crippen molar-refractivity contribution in [1.82, 2.24) is 15.1 Å². The van der Waals surface area contributed by atoms with Crippen molar-refractivity contribution in [2.24, 2.45) is 18.7 Å². The third-order valence-electron chi connectivity index (χ3n) is 3.24. The zero-order chi connectivity index (χ0) is 11.7. The summed E-state index contributed by atoms with van der Waals surface area (Å²) < 4.78 is 1.70. The predicted octanol–water partition coefficient (Wildman–Crippen LogP) is 0.617. The monoisotopic (exact) mass is 258 g/mol. The molecule has 2 rings (SSSR count). The number of carbonyl (C=O) groups is 1. The van der Waals surface area contributed by atoms with E-state index in [1.165, 1.54) is 12.8 Å². The lowest BCUT2D eigenvalue weighted by Gasteiger charge is -2.15. The number of aryl methyl sites for hydroxylation is 1. The van der Waals surface area contributed by atoms with Crippen LogP contribution in [0.4, 0.5) is 0 Å². The maximum atomic E-state index is 12.0. The third kappa shape index (κ3) is 2.98. The number of hydrogen-bond acceptors (Lipinski definition) is 3. The van der Waals surface area contributed by atoms with Crippen molar-refractivity contribution in [2.45, 2.75) is 25.8 Å². The van der Waals surface area contributed by atoms with E-state index in [9.17, 15) is 4.79 Å². The second-order valence-corrected chi connectivity index (χ2v) is 4.42. The molecule has 6 heteroatoms. The van der Waals surface area contributed by atoms with E-state index in [1.807, 2.05) is 14.0 Å². The summed E-state index contributed by atoms with van der Waals surface area (Å²) in [5, 5.41) is 7.04. The fraction of sp³-hybridized carbons (Fsp3) is 0.636. The molecule has 1 aliphatic rings. The van der Waals surface area contributed by atoms with E-state index >= 15 is 0 Å². The van der Waals surface area contributed by atoms with Gasteiger partial charge in [0.25, 0.3) is 5.91 Å². The van der Waals surface area contributed by atoms with E-state index in [0.717, 1.165) is 5.69 Å². The van der Waals surface area contributed by atoms with Gasteiger partial charge in [0.2, 0.25) is 0 Å². The highest BCUT2D eigenvalue weighted by Gasteiger charge is 2.31. The normalized spacial score (nSPS) is 16.2. The lowest BCUT2D eigenvalue weighted by Crippen LogP contribution is -2.41. The quantitative estimate of drug-likeness (QED) is 0.832. The topological polar surface area (TPSA) is 72.9 Å². The molecular formula is C11H19ClN4O. The smallest absolute Gasteiger partial charge is 0.255 e. The molecule has 0 aromatic carbocycles. The van der Waals surface area contributed by atoms with E-state index < -0.39 is 0 Å². The average molecular weight is 259 g/mol. The maximum absolute atomic E-state index is 12.0. The van der Waals surface area contributed by atoms with Crippen molar-refractivity contribution in [3.63, 3.8) is 0 Å². The number of hydrogen-bond donors (Lipinski definition) is 2. The van der Waals surface area contributed by atoms with Crippen molar-refractivity contribution in [1.29, 1.82) is 0 Å². The third-order valence-corrected chi connectivity index (χ3v) is 3.24. The summed E-state index contributed by atoms with van der Waals surface area (Å²) in [7, 11) is 1.83. The number of rotatable bonds is 4. The standard InChI is InChI=1S/C11H18N4O.ClH/c1-7-9(6-13-15(7)2)11(16)14-10(5-12)8-3-4-8;/h6,8,10H,3-5,12H2,1-2H3,(H,14,16);1H. The van der Waals surface area contributed by atoms with Crippen LogP contribution in [0.1, 0.15) is 28.9 Å². The highest BCUT2D eigenvalue weighted by atomic mass is 35.5. The van der Waals surface area contributed by atoms with Gasteiger partial charge in [-0.2, -0.15) is 5.10 Å². The molecular weight excluding hydrogens is 240 g/mol. The van der Waals surface area contributed by atoms with Gasteiger partial charge in [0.15, 0.2) is 0 Å². The van der Waals surface area contributed by atoms with Gasteiger partial charge in [0.05, 0.1) is 11.8 Å². The molecule has 0 saturated heterocycles. The Balaban J connectivity index is 0.00000144. The van der Waals surface area contributed by atoms with Gasteiger partial charge in [0.1, 0.15) is 0 Å². The molecule has 1 aromatic heterocycles. The number of amides is 1. The molecule has 3 N–H and O–H groups in total. The van der Waals surface area contributed by atoms with Crippen LogP contribution in [0.25, 0.3) is 0 Å². The molecule has 1 aromatic rings. The van der Waals surface area contributed by atoms with E-state index in [1.54, 1.807) is 10.9 Å². The number of nitrogens with zero attached hydrogens (tertiary/aromatic N) is 2. The molecule has 1 amide bonds. The zero-order valence-corrected chi connectivity index (χ0v) is 11.0. The molecule has 5 nitrogen and oxygen atoms in total. The second-order valence-electron chi connectivity index (χ2n) is 4.42. The summed E-state index contributed by atoms with van der Waals surface area (Å²) in [5.41, 5.74) is 7.17. The molecule has 0 spiro atoms. The van der Waals surface area contributed by atoms with Crippen LogP contribution in [0, 0.1) is 12.8 Å². The Bertz CT molecular complexity index is 400. The van der Waals surface area contributed by atoms with E-state index in [4.69, 9.17) is 5.73 Å². The fourth-order valence-electron chi connectivity index (χ4n) is 1.84. The Morgan fingerprint density at radius 2 is 2.35 bits per heavy atom. The molecule has 96 valence electrons. The van der Waals surface area contributed by atoms with Gasteiger partial charge in [-0.05, 0) is 25.7 Å². The first kappa shape index (κ1) is 14.0. The van der Waals surface area contributed by atoms with Gasteiger partial charge in [-0.1, -0.05) is 0 Å². The Hall–Kier alpha value is -1.07. The Morgan fingerprint density at radius 1 is 1.71 bits per heavy atom. The molecule has 1 saturated carbocycles. The molecule has 1 unspecified atom stereocenters. The van der Waals surface area contributed by atoms with Crippen LogP contribution < -0.4 is 11.1 Å². The molecule has 1 fully saturated rings. The first-order valence-corrected chi connectivity index (χ1v) is 5.63. The minimum Gasteiger partial charge on any atom is -0.348 e. The minimum atomic E-state index is -0.0621. The predicted molar refractivity (Wildman–Crippen MR) is 68.2 cm³/mol. The van der Waals surface area contributed by atoms with Gasteiger partial charge in [-0.25, -0.2) is 0 Å². The van der Waals surface area contributed by atoms with Crippen LogP contribution >= 0.6 is 12.4 Å². The Labute approximate surface area is 107 Å². The van der Waals surface area contributed by atoms with Crippen molar-refractivity contribution < 1.29 is 4.79 Å². The lowest BCUT2D eigenvalue weighted by atomic mass is 10.1. The number of nitrogens with one attached hydrogen (secondary N) is 1. The molecule has 1 heterocycles. The van der Waals surface area contributed by atoms with Gasteiger partial charge in [-0.15, -0.1) is 12.4 Å². The number of carbonyl (C=O) groups excluding carboxylic acids is 1. The Morgan fingerprint density at radius 3 is 2.76 bits per heavy atom. The molecule has 1 atom stereocenters. The van der Waals surface area contributed by atoms with Crippen molar-refractivity contribution in [2.75, 3.05) is 6.54 Å². The maximum Gasteiger partial charge on any atom is 0.255 e. The molecule has 0 bridgehead atoms. The summed E-state index contributed by atoms with van der Waals surface area (Å²) in [6, 6.07) is 0.118. The fourth-order valence-corrected chi connectivity index (χ4v) is 1.84. The summed E-state index contributed by atoms with van der Waals surface area (Å²) >= 11 is 0.